The first-order valence-corrected chi connectivity index (χ1v) is 13.5. The number of aromatic nitrogens is 4. The van der Waals surface area contributed by atoms with Gasteiger partial charge in [0.05, 0.1) is 17.6 Å². The molecule has 1 aromatic carbocycles. The number of rotatable bonds is 10. The highest BCUT2D eigenvalue weighted by Gasteiger charge is 2.27. The molecule has 3 aromatic rings. The van der Waals surface area contributed by atoms with Crippen LogP contribution < -0.4 is 15.4 Å². The van der Waals surface area contributed by atoms with E-state index in [1.54, 1.807) is 13.2 Å². The molecule has 11 heteroatoms. The van der Waals surface area contributed by atoms with Crippen LogP contribution in [-0.2, 0) is 0 Å². The summed E-state index contributed by atoms with van der Waals surface area (Å²) >= 11 is -0.686. The number of halogens is 1. The second kappa shape index (κ2) is 10.8. The minimum atomic E-state index is -0.686. The lowest BCUT2D eigenvalue weighted by atomic mass is 10.2. The fraction of sp³-hybridized carbons (Fsp3) is 0.333. The number of benzene rings is 1. The van der Waals surface area contributed by atoms with Crippen LogP contribution in [0.15, 0.2) is 54.9 Å². The van der Waals surface area contributed by atoms with Gasteiger partial charge in [0.25, 0.3) is 0 Å². The number of hydrogen-bond acceptors (Lipinski definition) is 9. The van der Waals surface area contributed by atoms with Gasteiger partial charge in [0.15, 0.2) is 11.5 Å². The Kier molecular flexibility index (Phi) is 7.37. The first-order valence-electron chi connectivity index (χ1n) is 11.5. The number of nitrogens with one attached hydrogen (secondary N) is 2. The number of nitrogens with zero attached hydrogens (tertiary/aromatic N) is 5. The smallest absolute Gasteiger partial charge is 0.164 e. The maximum absolute atomic E-state index is 9.96. The van der Waals surface area contributed by atoms with Gasteiger partial charge in [-0.1, -0.05) is 24.3 Å². The third-order valence-corrected chi connectivity index (χ3v) is 7.71. The average molecular weight is 589 g/mol. The zero-order valence-corrected chi connectivity index (χ0v) is 21.5. The number of allylic oxidation sites excluding steroid dienone is 2. The second-order valence-corrected chi connectivity index (χ2v) is 11.2. The van der Waals surface area contributed by atoms with E-state index in [1.165, 1.54) is 3.28 Å². The van der Waals surface area contributed by atoms with Crippen molar-refractivity contribution in [3.8, 4) is 17.1 Å². The second-order valence-electron chi connectivity index (χ2n) is 8.38. The van der Waals surface area contributed by atoms with E-state index in [4.69, 9.17) is 14.7 Å². The summed E-state index contributed by atoms with van der Waals surface area (Å²) in [7, 11) is 1.79. The van der Waals surface area contributed by atoms with Crippen LogP contribution in [0.2, 0.25) is 0 Å². The molecule has 0 bridgehead atoms. The van der Waals surface area contributed by atoms with Crippen LogP contribution in [0, 0.1) is 0 Å². The summed E-state index contributed by atoms with van der Waals surface area (Å²) in [6.45, 7) is 1.22. The fourth-order valence-electron chi connectivity index (χ4n) is 3.69. The lowest BCUT2D eigenvalue weighted by Gasteiger charge is -2.13. The van der Waals surface area contributed by atoms with Crippen LogP contribution in [0.25, 0.3) is 22.4 Å². The van der Waals surface area contributed by atoms with Gasteiger partial charge in [-0.2, -0.15) is 5.10 Å². The molecule has 35 heavy (non-hydrogen) atoms. The van der Waals surface area contributed by atoms with Crippen molar-refractivity contribution in [1.82, 2.24) is 28.3 Å². The molecule has 0 saturated heterocycles. The Morgan fingerprint density at radius 1 is 1.26 bits per heavy atom. The van der Waals surface area contributed by atoms with Gasteiger partial charge < -0.3 is 20.5 Å². The molecule has 1 aliphatic heterocycles. The van der Waals surface area contributed by atoms with E-state index in [0.29, 0.717) is 36.5 Å². The molecule has 1 saturated carbocycles. The van der Waals surface area contributed by atoms with E-state index in [-0.39, 0.29) is 6.61 Å². The summed E-state index contributed by atoms with van der Waals surface area (Å²) in [5.74, 6) is 1.93. The molecular formula is C24H28IN7O3. The molecule has 1 unspecified atom stereocenters. The molecular weight excluding hydrogens is 561 g/mol. The summed E-state index contributed by atoms with van der Waals surface area (Å²) in [6, 6.07) is 7.97. The fourth-order valence-corrected chi connectivity index (χ4v) is 5.40. The van der Waals surface area contributed by atoms with Crippen molar-refractivity contribution < 1.29 is 15.1 Å². The lowest BCUT2D eigenvalue weighted by molar-refractivity contribution is 0.0928. The number of fused-ring (bicyclic) bond motifs is 1. The normalized spacial score (nSPS) is 16.5. The molecule has 1 aliphatic carbocycles. The van der Waals surface area contributed by atoms with Gasteiger partial charge in [0, 0.05) is 49.4 Å². The SMILES string of the molecule is CNCC(O)COc1cccc(-c2nc(NCC3=IN(O)C=CC=C3)c3cnn(C4CC4)c3n2)c1. The molecule has 184 valence electrons. The van der Waals surface area contributed by atoms with Crippen molar-refractivity contribution >= 4 is 41.4 Å². The van der Waals surface area contributed by atoms with Gasteiger partial charge in [-0.3, -0.25) is 5.21 Å². The monoisotopic (exact) mass is 589 g/mol. The predicted molar refractivity (Wildman–Crippen MR) is 144 cm³/mol. The molecule has 1 atom stereocenters. The Hall–Kier alpha value is -2.87. The maximum atomic E-state index is 9.96. The molecule has 3 heterocycles. The van der Waals surface area contributed by atoms with Crippen molar-refractivity contribution in [3.05, 3.63) is 54.9 Å². The Balaban J connectivity index is 1.45. The molecule has 10 nitrogen and oxygen atoms in total. The lowest BCUT2D eigenvalue weighted by Crippen LogP contribution is -2.29. The van der Waals surface area contributed by atoms with Gasteiger partial charge in [0.2, 0.25) is 0 Å². The zero-order chi connectivity index (χ0) is 24.2. The number of hydrogen-bond donors (Lipinski definition) is 4. The minimum Gasteiger partial charge on any atom is -0.491 e. The van der Waals surface area contributed by atoms with Crippen molar-refractivity contribution in [1.29, 1.82) is 0 Å². The number of ether oxygens (including phenoxy) is 1. The van der Waals surface area contributed by atoms with Gasteiger partial charge in [-0.05, 0) is 38.1 Å². The number of anilines is 1. The number of aliphatic hydroxyl groups is 1. The van der Waals surface area contributed by atoms with Crippen LogP contribution in [0.4, 0.5) is 5.82 Å². The highest BCUT2D eigenvalue weighted by molar-refractivity contribution is 14.2. The van der Waals surface area contributed by atoms with Crippen LogP contribution in [-0.4, -0.2) is 69.7 Å². The molecule has 5 rings (SSSR count). The molecule has 2 aromatic heterocycles. The summed E-state index contributed by atoms with van der Waals surface area (Å²) in [4.78, 5) is 9.73. The molecule has 2 aliphatic rings. The standard InChI is InChI=1S/C24H28IN7O3/c1-26-13-19(33)15-35-20-7-4-5-16(11-20)22-29-23(27-12-17-6-2-3-10-31(34)25-17)21-14-28-32(18-8-9-18)24(21)30-22/h2-7,10-11,14,18-19,26,33-34H,8-9,12-13,15H2,1H3,(H,27,29,30). The Labute approximate surface area is 213 Å². The molecule has 0 spiro atoms. The number of hydroxylamine groups is 1. The average Bonchev–Trinajstić information content (AvgIpc) is 3.65. The maximum Gasteiger partial charge on any atom is 0.164 e. The Bertz CT molecular complexity index is 1290. The van der Waals surface area contributed by atoms with E-state index < -0.39 is 27.1 Å². The van der Waals surface area contributed by atoms with E-state index in [9.17, 15) is 10.3 Å². The minimum absolute atomic E-state index is 0.192. The van der Waals surface area contributed by atoms with Crippen molar-refractivity contribution in [2.75, 3.05) is 32.1 Å². The van der Waals surface area contributed by atoms with Crippen molar-refractivity contribution in [2.24, 2.45) is 0 Å². The van der Waals surface area contributed by atoms with Crippen LogP contribution in [0.5, 0.6) is 5.75 Å². The highest BCUT2D eigenvalue weighted by atomic mass is 127. The Morgan fingerprint density at radius 2 is 2.14 bits per heavy atom. The van der Waals surface area contributed by atoms with Crippen LogP contribution in [0.3, 0.4) is 0 Å². The van der Waals surface area contributed by atoms with E-state index >= 15 is 0 Å². The topological polar surface area (TPSA) is 121 Å². The van der Waals surface area contributed by atoms with Crippen LogP contribution in [0.1, 0.15) is 18.9 Å². The third kappa shape index (κ3) is 5.86. The van der Waals surface area contributed by atoms with Gasteiger partial charge in [0.1, 0.15) is 24.3 Å². The van der Waals surface area contributed by atoms with Crippen molar-refractivity contribution in [2.45, 2.75) is 25.0 Å². The van der Waals surface area contributed by atoms with Crippen molar-refractivity contribution in [3.63, 3.8) is 0 Å². The quantitative estimate of drug-likeness (QED) is 0.209. The predicted octanol–water partition coefficient (Wildman–Crippen LogP) is 3.03. The molecule has 1 fully saturated rings. The molecule has 0 radical (unpaired) electrons. The van der Waals surface area contributed by atoms with Crippen LogP contribution >= 0.6 is 21.0 Å². The van der Waals surface area contributed by atoms with Gasteiger partial charge in [-0.15, -0.1) is 0 Å². The van der Waals surface area contributed by atoms with E-state index in [2.05, 4.69) is 15.7 Å². The first-order chi connectivity index (χ1) is 17.1. The van der Waals surface area contributed by atoms with Gasteiger partial charge in [-0.25, -0.2) is 17.9 Å². The van der Waals surface area contributed by atoms with Gasteiger partial charge >= 0.3 is 0 Å². The highest BCUT2D eigenvalue weighted by Crippen LogP contribution is 2.37. The zero-order valence-electron chi connectivity index (χ0n) is 19.3. The largest absolute Gasteiger partial charge is 0.491 e. The summed E-state index contributed by atoms with van der Waals surface area (Å²) in [5.41, 5.74) is 1.62. The van der Waals surface area contributed by atoms with E-state index in [0.717, 1.165) is 32.9 Å². The summed E-state index contributed by atoms with van der Waals surface area (Å²) in [6.07, 6.45) is 10.9. The summed E-state index contributed by atoms with van der Waals surface area (Å²) in [5, 5.41) is 31.8. The summed E-state index contributed by atoms with van der Waals surface area (Å²) < 4.78 is 10.2. The first kappa shape index (κ1) is 23.9. The van der Waals surface area contributed by atoms with E-state index in [1.807, 2.05) is 53.4 Å². The number of aliphatic hydroxyl groups excluding tert-OH is 1. The number of likely N-dealkylation sites (N-methyl/N-ethyl adjacent to an activating group) is 1. The molecule has 4 N–H and O–H groups in total. The molecule has 0 amide bonds. The Morgan fingerprint density at radius 3 is 2.97 bits per heavy atom. The third-order valence-electron chi connectivity index (χ3n) is 5.54.